The second kappa shape index (κ2) is 10.2. The van der Waals surface area contributed by atoms with E-state index in [4.69, 9.17) is 25.8 Å². The van der Waals surface area contributed by atoms with Crippen molar-refractivity contribution in [2.24, 2.45) is 0 Å². The molecule has 0 saturated carbocycles. The van der Waals surface area contributed by atoms with Gasteiger partial charge in [0.05, 0.1) is 36.7 Å². The summed E-state index contributed by atoms with van der Waals surface area (Å²) in [6.07, 6.45) is 0. The van der Waals surface area contributed by atoms with Crippen LogP contribution in [0.4, 0.5) is 5.69 Å². The standard InChI is InChI=1S/C20H22ClNO5S/c1-5-27-20(24)15-8-6-13(10-16(15)21)22-19(23)12(2)28-14-7-9-17(25-3)18(11-14)26-4/h6-12H,5H2,1-4H3,(H,22,23)/t12-/m0/s1. The normalized spacial score (nSPS) is 11.5. The summed E-state index contributed by atoms with van der Waals surface area (Å²) in [4.78, 5) is 25.2. The molecule has 0 bridgehead atoms. The molecule has 0 saturated heterocycles. The lowest BCUT2D eigenvalue weighted by Gasteiger charge is -2.14. The molecule has 2 aromatic rings. The van der Waals surface area contributed by atoms with Crippen molar-refractivity contribution in [3.63, 3.8) is 0 Å². The fraction of sp³-hybridized carbons (Fsp3) is 0.300. The molecule has 0 heterocycles. The monoisotopic (exact) mass is 423 g/mol. The number of carbonyl (C=O) groups is 2. The number of thioether (sulfide) groups is 1. The van der Waals surface area contributed by atoms with E-state index in [-0.39, 0.29) is 28.4 Å². The Morgan fingerprint density at radius 3 is 2.43 bits per heavy atom. The first kappa shape index (κ1) is 21.9. The Labute approximate surface area is 173 Å². The Kier molecular flexibility index (Phi) is 8.02. The third-order valence-corrected chi connectivity index (χ3v) is 5.18. The fourth-order valence-corrected chi connectivity index (χ4v) is 3.51. The minimum absolute atomic E-state index is 0.195. The smallest absolute Gasteiger partial charge is 0.339 e. The molecule has 0 radical (unpaired) electrons. The average molecular weight is 424 g/mol. The Bertz CT molecular complexity index is 858. The van der Waals surface area contributed by atoms with Crippen LogP contribution in [0.2, 0.25) is 5.02 Å². The Balaban J connectivity index is 2.04. The Morgan fingerprint density at radius 2 is 1.82 bits per heavy atom. The van der Waals surface area contributed by atoms with Gasteiger partial charge in [-0.3, -0.25) is 4.79 Å². The van der Waals surface area contributed by atoms with Gasteiger partial charge in [0.15, 0.2) is 11.5 Å². The zero-order valence-electron chi connectivity index (χ0n) is 16.1. The molecule has 0 unspecified atom stereocenters. The summed E-state index contributed by atoms with van der Waals surface area (Å²) in [6.45, 7) is 3.78. The maximum Gasteiger partial charge on any atom is 0.339 e. The highest BCUT2D eigenvalue weighted by Gasteiger charge is 2.17. The molecule has 0 fully saturated rings. The Hall–Kier alpha value is -2.38. The average Bonchev–Trinajstić information content (AvgIpc) is 2.67. The lowest BCUT2D eigenvalue weighted by Crippen LogP contribution is -2.22. The zero-order chi connectivity index (χ0) is 20.7. The van der Waals surface area contributed by atoms with Gasteiger partial charge >= 0.3 is 5.97 Å². The van der Waals surface area contributed by atoms with Gasteiger partial charge in [-0.15, -0.1) is 11.8 Å². The van der Waals surface area contributed by atoms with Gasteiger partial charge in [-0.2, -0.15) is 0 Å². The van der Waals surface area contributed by atoms with Crippen molar-refractivity contribution in [1.82, 2.24) is 0 Å². The third kappa shape index (κ3) is 5.56. The molecule has 1 amide bonds. The van der Waals surface area contributed by atoms with Crippen LogP contribution in [0.5, 0.6) is 11.5 Å². The summed E-state index contributed by atoms with van der Waals surface area (Å²) < 4.78 is 15.4. The van der Waals surface area contributed by atoms with Crippen LogP contribution in [0.25, 0.3) is 0 Å². The highest BCUT2D eigenvalue weighted by atomic mass is 35.5. The SMILES string of the molecule is CCOC(=O)c1ccc(NC(=O)[C@H](C)Sc2ccc(OC)c(OC)c2)cc1Cl. The van der Waals surface area contributed by atoms with Crippen molar-refractivity contribution in [3.8, 4) is 11.5 Å². The van der Waals surface area contributed by atoms with Gasteiger partial charge in [-0.1, -0.05) is 11.6 Å². The lowest BCUT2D eigenvalue weighted by atomic mass is 10.2. The van der Waals surface area contributed by atoms with Crippen molar-refractivity contribution in [1.29, 1.82) is 0 Å². The summed E-state index contributed by atoms with van der Waals surface area (Å²) in [6, 6.07) is 10.1. The number of rotatable bonds is 8. The van der Waals surface area contributed by atoms with Gasteiger partial charge in [0.1, 0.15) is 0 Å². The van der Waals surface area contributed by atoms with E-state index in [1.807, 2.05) is 12.1 Å². The van der Waals surface area contributed by atoms with E-state index in [1.165, 1.54) is 23.9 Å². The number of benzene rings is 2. The van der Waals surface area contributed by atoms with Crippen molar-refractivity contribution < 1.29 is 23.8 Å². The number of ether oxygens (including phenoxy) is 3. The number of halogens is 1. The van der Waals surface area contributed by atoms with Crippen LogP contribution >= 0.6 is 23.4 Å². The molecule has 0 aliphatic carbocycles. The number of hydrogen-bond acceptors (Lipinski definition) is 6. The maximum atomic E-state index is 12.5. The number of carbonyl (C=O) groups excluding carboxylic acids is 2. The number of methoxy groups -OCH3 is 2. The Morgan fingerprint density at radius 1 is 1.11 bits per heavy atom. The van der Waals surface area contributed by atoms with E-state index in [2.05, 4.69) is 5.32 Å². The fourth-order valence-electron chi connectivity index (χ4n) is 2.36. The van der Waals surface area contributed by atoms with E-state index in [0.717, 1.165) is 4.90 Å². The minimum atomic E-state index is -0.497. The second-order valence-corrected chi connectivity index (χ2v) is 7.50. The second-order valence-electron chi connectivity index (χ2n) is 5.68. The number of esters is 1. The molecule has 1 N–H and O–H groups in total. The van der Waals surface area contributed by atoms with Gasteiger partial charge in [-0.05, 0) is 50.2 Å². The molecule has 28 heavy (non-hydrogen) atoms. The lowest BCUT2D eigenvalue weighted by molar-refractivity contribution is -0.115. The maximum absolute atomic E-state index is 12.5. The van der Waals surface area contributed by atoms with E-state index < -0.39 is 5.97 Å². The number of hydrogen-bond donors (Lipinski definition) is 1. The number of nitrogens with one attached hydrogen (secondary N) is 1. The molecular formula is C20H22ClNO5S. The molecule has 2 rings (SSSR count). The van der Waals surface area contributed by atoms with E-state index in [1.54, 1.807) is 40.2 Å². The molecule has 150 valence electrons. The first-order valence-electron chi connectivity index (χ1n) is 8.55. The van der Waals surface area contributed by atoms with Crippen LogP contribution < -0.4 is 14.8 Å². The van der Waals surface area contributed by atoms with Crippen molar-refractivity contribution >= 4 is 40.9 Å². The minimum Gasteiger partial charge on any atom is -0.493 e. The number of anilines is 1. The zero-order valence-corrected chi connectivity index (χ0v) is 17.6. The number of amides is 1. The quantitative estimate of drug-likeness (QED) is 0.492. The van der Waals surface area contributed by atoms with Crippen LogP contribution in [-0.2, 0) is 9.53 Å². The van der Waals surface area contributed by atoms with Crippen LogP contribution in [0.3, 0.4) is 0 Å². The highest BCUT2D eigenvalue weighted by molar-refractivity contribution is 8.00. The highest BCUT2D eigenvalue weighted by Crippen LogP contribution is 2.34. The molecule has 0 aliphatic heterocycles. The van der Waals surface area contributed by atoms with Crippen LogP contribution in [0.1, 0.15) is 24.2 Å². The molecule has 1 atom stereocenters. The van der Waals surface area contributed by atoms with Crippen molar-refractivity contribution in [3.05, 3.63) is 47.0 Å². The predicted molar refractivity (Wildman–Crippen MR) is 111 cm³/mol. The predicted octanol–water partition coefficient (Wildman–Crippen LogP) is 4.65. The summed E-state index contributed by atoms with van der Waals surface area (Å²) in [5, 5.41) is 2.65. The third-order valence-electron chi connectivity index (χ3n) is 3.77. The molecule has 6 nitrogen and oxygen atoms in total. The molecule has 2 aromatic carbocycles. The first-order chi connectivity index (χ1) is 13.4. The summed E-state index contributed by atoms with van der Waals surface area (Å²) in [5.74, 6) is 0.532. The molecule has 0 aliphatic rings. The summed E-state index contributed by atoms with van der Waals surface area (Å²) in [5.41, 5.74) is 0.761. The van der Waals surface area contributed by atoms with Crippen LogP contribution in [0.15, 0.2) is 41.3 Å². The van der Waals surface area contributed by atoms with E-state index in [0.29, 0.717) is 17.2 Å². The van der Waals surface area contributed by atoms with Crippen molar-refractivity contribution in [2.75, 3.05) is 26.1 Å². The van der Waals surface area contributed by atoms with Gasteiger partial charge in [-0.25, -0.2) is 4.79 Å². The largest absolute Gasteiger partial charge is 0.493 e. The van der Waals surface area contributed by atoms with Gasteiger partial charge in [0.2, 0.25) is 5.91 Å². The van der Waals surface area contributed by atoms with Crippen LogP contribution in [-0.4, -0.2) is 38.0 Å². The first-order valence-corrected chi connectivity index (χ1v) is 9.81. The summed E-state index contributed by atoms with van der Waals surface area (Å²) >= 11 is 7.52. The topological polar surface area (TPSA) is 73.9 Å². The van der Waals surface area contributed by atoms with Gasteiger partial charge < -0.3 is 19.5 Å². The molecule has 8 heteroatoms. The van der Waals surface area contributed by atoms with Gasteiger partial charge in [0, 0.05) is 10.6 Å². The molecule has 0 spiro atoms. The van der Waals surface area contributed by atoms with Crippen LogP contribution in [0, 0.1) is 0 Å². The van der Waals surface area contributed by atoms with Crippen molar-refractivity contribution in [2.45, 2.75) is 24.0 Å². The summed E-state index contributed by atoms with van der Waals surface area (Å²) in [7, 11) is 3.13. The molecule has 0 aromatic heterocycles. The van der Waals surface area contributed by atoms with E-state index >= 15 is 0 Å². The molecular weight excluding hydrogens is 402 g/mol. The van der Waals surface area contributed by atoms with Gasteiger partial charge in [0.25, 0.3) is 0 Å². The van der Waals surface area contributed by atoms with E-state index in [9.17, 15) is 9.59 Å².